The first-order chi connectivity index (χ1) is 9.60. The van der Waals surface area contributed by atoms with Gasteiger partial charge < -0.3 is 24.0 Å². The van der Waals surface area contributed by atoms with Gasteiger partial charge in [-0.3, -0.25) is 0 Å². The summed E-state index contributed by atoms with van der Waals surface area (Å²) in [4.78, 5) is 0. The predicted octanol–water partition coefficient (Wildman–Crippen LogP) is 1.38. The highest BCUT2D eigenvalue weighted by molar-refractivity contribution is 6.31. The number of nitrogens with one attached hydrogen (secondary N) is 1. The molecular weight excluding hydrogens is 286 g/mol. The van der Waals surface area contributed by atoms with Crippen molar-refractivity contribution < 1.29 is 18.6 Å². The van der Waals surface area contributed by atoms with E-state index in [0.717, 1.165) is 12.8 Å². The van der Waals surface area contributed by atoms with Crippen molar-refractivity contribution in [2.24, 2.45) is 0 Å². The third kappa shape index (κ3) is 5.01. The van der Waals surface area contributed by atoms with Crippen LogP contribution in [-0.2, 0) is 18.6 Å². The maximum absolute atomic E-state index is 6.29. The zero-order valence-corrected chi connectivity index (χ0v) is 16.3. The summed E-state index contributed by atoms with van der Waals surface area (Å²) in [5, 5.41) is 3.67. The number of ether oxygens (including phenoxy) is 3. The molecule has 0 amide bonds. The number of rotatable bonds is 7. The molecule has 1 aliphatic heterocycles. The molecule has 1 heterocycles. The van der Waals surface area contributed by atoms with E-state index in [4.69, 9.17) is 18.6 Å². The topological polar surface area (TPSA) is 49.0 Å². The van der Waals surface area contributed by atoms with Crippen LogP contribution in [-0.4, -0.2) is 59.8 Å². The van der Waals surface area contributed by atoms with Crippen LogP contribution in [0.5, 0.6) is 0 Å². The molecule has 21 heavy (non-hydrogen) atoms. The fourth-order valence-corrected chi connectivity index (χ4v) is 4.75. The van der Waals surface area contributed by atoms with Crippen LogP contribution >= 0.6 is 0 Å². The second-order valence-corrected chi connectivity index (χ2v) is 8.94. The molecule has 1 N–H and O–H groups in total. The van der Waals surface area contributed by atoms with Crippen LogP contribution in [0.3, 0.4) is 0 Å². The van der Waals surface area contributed by atoms with Crippen molar-refractivity contribution in [3.63, 3.8) is 0 Å². The molecule has 0 aromatic heterocycles. The molecule has 0 aliphatic carbocycles. The smallest absolute Gasteiger partial charge is 0.231 e. The second-order valence-electron chi connectivity index (χ2n) is 7.33. The average Bonchev–Trinajstić information content (AvgIpc) is 2.36. The van der Waals surface area contributed by atoms with Gasteiger partial charge in [0.25, 0.3) is 0 Å². The van der Waals surface area contributed by atoms with Crippen LogP contribution in [0.1, 0.15) is 47.5 Å². The highest BCUT2D eigenvalue weighted by Gasteiger charge is 2.42. The second kappa shape index (κ2) is 7.06. The number of hydrogen-bond acceptors (Lipinski definition) is 5. The van der Waals surface area contributed by atoms with Crippen molar-refractivity contribution >= 4 is 9.76 Å². The van der Waals surface area contributed by atoms with Gasteiger partial charge in [-0.15, -0.1) is 0 Å². The third-order valence-corrected chi connectivity index (χ3v) is 6.53. The Morgan fingerprint density at radius 3 is 1.90 bits per heavy atom. The third-order valence-electron chi connectivity index (χ3n) is 4.34. The SMILES string of the molecule is COC(C)C(OC)(OC)[SiH2]OC1CC(C)(C)NC(C)(C)C1. The molecule has 0 radical (unpaired) electrons. The number of methoxy groups -OCH3 is 3. The fraction of sp³-hybridized carbons (Fsp3) is 1.00. The molecular formula is C15H33NO4Si. The first-order valence-corrected chi connectivity index (χ1v) is 8.92. The summed E-state index contributed by atoms with van der Waals surface area (Å²) in [6.45, 7) is 10.9. The number of hydrogen-bond donors (Lipinski definition) is 1. The highest BCUT2D eigenvalue weighted by atomic mass is 28.2. The highest BCUT2D eigenvalue weighted by Crippen LogP contribution is 2.31. The van der Waals surface area contributed by atoms with Crippen molar-refractivity contribution in [3.8, 4) is 0 Å². The molecule has 1 saturated heterocycles. The molecule has 1 rings (SSSR count). The van der Waals surface area contributed by atoms with Gasteiger partial charge in [0, 0.05) is 38.5 Å². The Hall–Kier alpha value is 0.0169. The molecule has 1 aliphatic rings. The van der Waals surface area contributed by atoms with Crippen LogP contribution in [0.15, 0.2) is 0 Å². The molecule has 0 saturated carbocycles. The molecule has 0 spiro atoms. The maximum Gasteiger partial charge on any atom is 0.231 e. The summed E-state index contributed by atoms with van der Waals surface area (Å²) < 4.78 is 22.9. The lowest BCUT2D eigenvalue weighted by Gasteiger charge is -2.47. The van der Waals surface area contributed by atoms with E-state index in [1.807, 2.05) is 6.92 Å². The van der Waals surface area contributed by atoms with Crippen LogP contribution in [0.25, 0.3) is 0 Å². The van der Waals surface area contributed by atoms with E-state index in [9.17, 15) is 0 Å². The molecule has 0 bridgehead atoms. The molecule has 1 atom stereocenters. The molecule has 6 heteroatoms. The Morgan fingerprint density at radius 1 is 1.05 bits per heavy atom. The molecule has 5 nitrogen and oxygen atoms in total. The molecule has 0 aromatic carbocycles. The van der Waals surface area contributed by atoms with Crippen LogP contribution in [0.2, 0.25) is 0 Å². The van der Waals surface area contributed by atoms with Crippen molar-refractivity contribution in [2.75, 3.05) is 21.3 Å². The fourth-order valence-electron chi connectivity index (χ4n) is 3.41. The molecule has 1 fully saturated rings. The predicted molar refractivity (Wildman–Crippen MR) is 87.2 cm³/mol. The van der Waals surface area contributed by atoms with Gasteiger partial charge in [-0.25, -0.2) is 0 Å². The first-order valence-electron chi connectivity index (χ1n) is 7.64. The zero-order chi connectivity index (χ0) is 16.3. The Balaban J connectivity index is 2.71. The van der Waals surface area contributed by atoms with E-state index in [1.54, 1.807) is 21.3 Å². The van der Waals surface area contributed by atoms with Crippen molar-refractivity contribution in [2.45, 2.75) is 76.2 Å². The molecule has 0 aromatic rings. The lowest BCUT2D eigenvalue weighted by atomic mass is 9.81. The summed E-state index contributed by atoms with van der Waals surface area (Å²) in [7, 11) is 3.91. The van der Waals surface area contributed by atoms with Gasteiger partial charge in [-0.1, -0.05) is 0 Å². The summed E-state index contributed by atoms with van der Waals surface area (Å²) >= 11 is 0. The number of piperidine rings is 1. The van der Waals surface area contributed by atoms with Gasteiger partial charge >= 0.3 is 0 Å². The summed E-state index contributed by atoms with van der Waals surface area (Å²) in [5.74, 6) is 0. The van der Waals surface area contributed by atoms with Crippen molar-refractivity contribution in [1.29, 1.82) is 0 Å². The Kier molecular flexibility index (Phi) is 6.41. The monoisotopic (exact) mass is 319 g/mol. The van der Waals surface area contributed by atoms with Gasteiger partial charge in [-0.05, 0) is 47.5 Å². The first kappa shape index (κ1) is 19.1. The summed E-state index contributed by atoms with van der Waals surface area (Å²) in [5.41, 5.74) is -0.569. The molecule has 126 valence electrons. The Labute approximate surface area is 132 Å². The minimum Gasteiger partial charge on any atom is -0.415 e. The lowest BCUT2D eigenvalue weighted by Crippen LogP contribution is -2.61. The zero-order valence-electron chi connectivity index (χ0n) is 14.9. The van der Waals surface area contributed by atoms with Gasteiger partial charge in [0.1, 0.15) is 6.10 Å². The van der Waals surface area contributed by atoms with Gasteiger partial charge in [0.2, 0.25) is 9.76 Å². The lowest BCUT2D eigenvalue weighted by molar-refractivity contribution is -0.212. The van der Waals surface area contributed by atoms with E-state index in [0.29, 0.717) is 0 Å². The van der Waals surface area contributed by atoms with E-state index < -0.39 is 15.2 Å². The summed E-state index contributed by atoms with van der Waals surface area (Å²) in [6.07, 6.45) is 2.07. The average molecular weight is 320 g/mol. The maximum atomic E-state index is 6.29. The van der Waals surface area contributed by atoms with Gasteiger partial charge in [0.15, 0.2) is 5.41 Å². The van der Waals surface area contributed by atoms with E-state index in [-0.39, 0.29) is 23.3 Å². The van der Waals surface area contributed by atoms with E-state index in [1.165, 1.54) is 0 Å². The minimum atomic E-state index is -1.08. The summed E-state index contributed by atoms with van der Waals surface area (Å²) in [6, 6.07) is 0. The minimum absolute atomic E-state index is 0.0799. The van der Waals surface area contributed by atoms with E-state index in [2.05, 4.69) is 33.0 Å². The Morgan fingerprint density at radius 2 is 1.52 bits per heavy atom. The Bertz CT molecular complexity index is 316. The van der Waals surface area contributed by atoms with Crippen LogP contribution in [0.4, 0.5) is 0 Å². The van der Waals surface area contributed by atoms with E-state index >= 15 is 0 Å². The standard InChI is InChI=1S/C15H33NO4Si/c1-11(17-6)15(18-7,19-8)21-20-12-9-13(2,3)16-14(4,5)10-12/h11-12,16H,9-10,21H2,1-8H3. The normalized spacial score (nSPS) is 24.6. The van der Waals surface area contributed by atoms with Gasteiger partial charge in [-0.2, -0.15) is 0 Å². The van der Waals surface area contributed by atoms with Crippen LogP contribution < -0.4 is 5.32 Å². The van der Waals surface area contributed by atoms with Crippen molar-refractivity contribution in [1.82, 2.24) is 5.32 Å². The van der Waals surface area contributed by atoms with Crippen molar-refractivity contribution in [3.05, 3.63) is 0 Å². The molecule has 1 unspecified atom stereocenters. The van der Waals surface area contributed by atoms with Crippen LogP contribution in [0, 0.1) is 0 Å². The largest absolute Gasteiger partial charge is 0.415 e. The quantitative estimate of drug-likeness (QED) is 0.567. The van der Waals surface area contributed by atoms with Gasteiger partial charge in [0.05, 0.1) is 0 Å².